The topological polar surface area (TPSA) is 53.4 Å². The van der Waals surface area contributed by atoms with Crippen LogP contribution in [0.1, 0.15) is 23.0 Å². The number of aromatic nitrogens is 1. The molecule has 1 aromatic carbocycles. The molecule has 2 atom stereocenters. The van der Waals surface area contributed by atoms with Gasteiger partial charge in [-0.2, -0.15) is 0 Å². The largest absolute Gasteiger partial charge is 0.391 e. The normalized spacial score (nSPS) is 20.8. The fraction of sp³-hybridized carbons (Fsp3) is 0.333. The molecule has 0 spiro atoms. The maximum atomic E-state index is 12.7. The van der Waals surface area contributed by atoms with Gasteiger partial charge in [0.25, 0.3) is 5.91 Å². The molecule has 3 heterocycles. The molecule has 0 radical (unpaired) electrons. The minimum Gasteiger partial charge on any atom is -0.391 e. The number of benzene rings is 1. The zero-order valence-electron chi connectivity index (χ0n) is 13.3. The summed E-state index contributed by atoms with van der Waals surface area (Å²) in [6.07, 6.45) is 0.495. The molecule has 6 heteroatoms. The molecular formula is C18H18N2O2S2. The lowest BCUT2D eigenvalue weighted by Crippen LogP contribution is -2.28. The van der Waals surface area contributed by atoms with Gasteiger partial charge in [0.1, 0.15) is 5.01 Å². The summed E-state index contributed by atoms with van der Waals surface area (Å²) in [5.41, 5.74) is 0.993. The number of amides is 1. The van der Waals surface area contributed by atoms with Gasteiger partial charge in [0.2, 0.25) is 0 Å². The quantitative estimate of drug-likeness (QED) is 0.773. The Morgan fingerprint density at radius 2 is 2.08 bits per heavy atom. The molecule has 24 heavy (non-hydrogen) atoms. The summed E-state index contributed by atoms with van der Waals surface area (Å²) < 4.78 is 1.15. The van der Waals surface area contributed by atoms with E-state index in [0.717, 1.165) is 26.5 Å². The van der Waals surface area contributed by atoms with Crippen molar-refractivity contribution in [3.05, 3.63) is 41.3 Å². The fourth-order valence-electron chi connectivity index (χ4n) is 3.12. The van der Waals surface area contributed by atoms with Crippen LogP contribution in [0.5, 0.6) is 0 Å². The zero-order valence-corrected chi connectivity index (χ0v) is 14.9. The molecule has 1 aliphatic rings. The molecule has 4 nitrogen and oxygen atoms in total. The number of hydrogen-bond donors (Lipinski definition) is 1. The number of aliphatic hydroxyl groups excluding tert-OH is 1. The van der Waals surface area contributed by atoms with E-state index in [0.29, 0.717) is 18.0 Å². The predicted molar refractivity (Wildman–Crippen MR) is 98.6 cm³/mol. The number of para-hydroxylation sites is 1. The highest BCUT2D eigenvalue weighted by atomic mass is 32.1. The number of nitrogens with zero attached hydrogens (tertiary/aromatic N) is 2. The van der Waals surface area contributed by atoms with Gasteiger partial charge in [-0.05, 0) is 30.7 Å². The number of fused-ring (bicyclic) bond motifs is 1. The van der Waals surface area contributed by atoms with Gasteiger partial charge < -0.3 is 10.0 Å². The molecule has 1 aliphatic heterocycles. The summed E-state index contributed by atoms with van der Waals surface area (Å²) >= 11 is 3.13. The monoisotopic (exact) mass is 358 g/mol. The average molecular weight is 358 g/mol. The third kappa shape index (κ3) is 2.75. The minimum atomic E-state index is -0.400. The molecule has 4 rings (SSSR count). The average Bonchev–Trinajstić information content (AvgIpc) is 3.31. The first-order valence-electron chi connectivity index (χ1n) is 8.09. The standard InChI is InChI=1S/C18H18N2O2S2/c1-2-11-9-20(10-13(11)21)18(22)16-8-7-15(23-16)17-19-12-5-3-4-6-14(12)24-17/h3-8,11,13,21H,2,9-10H2,1H3. The SMILES string of the molecule is CCC1CN(C(=O)c2ccc(-c3nc4ccccc4s3)s2)CC1O. The lowest BCUT2D eigenvalue weighted by molar-refractivity contribution is 0.0769. The van der Waals surface area contributed by atoms with Crippen LogP contribution in [0.2, 0.25) is 0 Å². The van der Waals surface area contributed by atoms with Crippen molar-refractivity contribution in [1.29, 1.82) is 0 Å². The molecule has 1 amide bonds. The Balaban J connectivity index is 1.57. The second kappa shape index (κ2) is 6.27. The summed E-state index contributed by atoms with van der Waals surface area (Å²) in [5, 5.41) is 11.0. The predicted octanol–water partition coefficient (Wildman–Crippen LogP) is 3.87. The molecule has 2 aromatic heterocycles. The fourth-order valence-corrected chi connectivity index (χ4v) is 5.12. The van der Waals surface area contributed by atoms with E-state index < -0.39 is 6.10 Å². The van der Waals surface area contributed by atoms with E-state index in [-0.39, 0.29) is 11.8 Å². The van der Waals surface area contributed by atoms with E-state index in [2.05, 4.69) is 18.0 Å². The van der Waals surface area contributed by atoms with Gasteiger partial charge >= 0.3 is 0 Å². The van der Waals surface area contributed by atoms with Crippen molar-refractivity contribution in [2.24, 2.45) is 5.92 Å². The van der Waals surface area contributed by atoms with E-state index in [4.69, 9.17) is 0 Å². The van der Waals surface area contributed by atoms with Crippen molar-refractivity contribution in [2.75, 3.05) is 13.1 Å². The molecular weight excluding hydrogens is 340 g/mol. The Kier molecular flexibility index (Phi) is 4.12. The second-order valence-corrected chi connectivity index (χ2v) is 8.21. The smallest absolute Gasteiger partial charge is 0.264 e. The molecule has 2 unspecified atom stereocenters. The summed E-state index contributed by atoms with van der Waals surface area (Å²) in [6.45, 7) is 3.13. The Hall–Kier alpha value is -1.76. The van der Waals surface area contributed by atoms with Crippen LogP contribution in [-0.2, 0) is 0 Å². The second-order valence-electron chi connectivity index (χ2n) is 6.10. The number of carbonyl (C=O) groups is 1. The highest BCUT2D eigenvalue weighted by molar-refractivity contribution is 7.26. The van der Waals surface area contributed by atoms with Gasteiger partial charge in [-0.15, -0.1) is 22.7 Å². The van der Waals surface area contributed by atoms with Crippen LogP contribution in [0, 0.1) is 5.92 Å². The molecule has 1 saturated heterocycles. The van der Waals surface area contributed by atoms with Crippen LogP contribution in [0.3, 0.4) is 0 Å². The van der Waals surface area contributed by atoms with Crippen LogP contribution >= 0.6 is 22.7 Å². The Morgan fingerprint density at radius 3 is 2.83 bits per heavy atom. The maximum Gasteiger partial charge on any atom is 0.264 e. The highest BCUT2D eigenvalue weighted by Crippen LogP contribution is 2.35. The van der Waals surface area contributed by atoms with Gasteiger partial charge in [-0.3, -0.25) is 4.79 Å². The van der Waals surface area contributed by atoms with Gasteiger partial charge in [-0.25, -0.2) is 4.98 Å². The van der Waals surface area contributed by atoms with Crippen molar-refractivity contribution in [3.63, 3.8) is 0 Å². The molecule has 0 saturated carbocycles. The summed E-state index contributed by atoms with van der Waals surface area (Å²) in [5.74, 6) is 0.208. The maximum absolute atomic E-state index is 12.7. The lowest BCUT2D eigenvalue weighted by Gasteiger charge is -2.14. The van der Waals surface area contributed by atoms with E-state index >= 15 is 0 Å². The number of hydrogen-bond acceptors (Lipinski definition) is 5. The first kappa shape index (κ1) is 15.7. The minimum absolute atomic E-state index is 0.0161. The van der Waals surface area contributed by atoms with Crippen molar-refractivity contribution in [2.45, 2.75) is 19.4 Å². The van der Waals surface area contributed by atoms with Crippen LogP contribution in [0.15, 0.2) is 36.4 Å². The Morgan fingerprint density at radius 1 is 1.25 bits per heavy atom. The first-order chi connectivity index (χ1) is 11.7. The number of β-amino-alcohol motifs (C(OH)–C–C–N with tert-alkyl or cyclic N) is 1. The van der Waals surface area contributed by atoms with E-state index in [1.54, 1.807) is 16.2 Å². The van der Waals surface area contributed by atoms with Crippen molar-refractivity contribution in [1.82, 2.24) is 9.88 Å². The van der Waals surface area contributed by atoms with Gasteiger partial charge in [0.05, 0.1) is 26.1 Å². The molecule has 1 fully saturated rings. The van der Waals surface area contributed by atoms with E-state index in [9.17, 15) is 9.90 Å². The number of aliphatic hydroxyl groups is 1. The molecule has 3 aromatic rings. The molecule has 1 N–H and O–H groups in total. The zero-order chi connectivity index (χ0) is 16.7. The lowest BCUT2D eigenvalue weighted by atomic mass is 10.0. The van der Waals surface area contributed by atoms with Crippen LogP contribution < -0.4 is 0 Å². The van der Waals surface area contributed by atoms with Crippen molar-refractivity contribution >= 4 is 38.8 Å². The number of likely N-dealkylation sites (tertiary alicyclic amines) is 1. The Labute approximate surface area is 148 Å². The van der Waals surface area contributed by atoms with Crippen LogP contribution in [0.25, 0.3) is 20.1 Å². The van der Waals surface area contributed by atoms with Crippen molar-refractivity contribution < 1.29 is 9.90 Å². The van der Waals surface area contributed by atoms with E-state index in [1.165, 1.54) is 11.3 Å². The van der Waals surface area contributed by atoms with Crippen molar-refractivity contribution in [3.8, 4) is 9.88 Å². The summed E-state index contributed by atoms with van der Waals surface area (Å²) in [6, 6.07) is 11.9. The third-order valence-corrected chi connectivity index (χ3v) is 6.82. The third-order valence-electron chi connectivity index (χ3n) is 4.54. The summed E-state index contributed by atoms with van der Waals surface area (Å²) in [4.78, 5) is 20.8. The first-order valence-corrected chi connectivity index (χ1v) is 9.72. The molecule has 0 aliphatic carbocycles. The molecule has 124 valence electrons. The molecule has 0 bridgehead atoms. The Bertz CT molecular complexity index is 853. The van der Waals surface area contributed by atoms with E-state index in [1.807, 2.05) is 30.3 Å². The van der Waals surface area contributed by atoms with Crippen LogP contribution in [-0.4, -0.2) is 40.1 Å². The number of thiophene rings is 1. The van der Waals surface area contributed by atoms with Gasteiger partial charge in [0, 0.05) is 19.0 Å². The number of rotatable bonds is 3. The number of thiazole rings is 1. The summed E-state index contributed by atoms with van der Waals surface area (Å²) in [7, 11) is 0. The highest BCUT2D eigenvalue weighted by Gasteiger charge is 2.33. The van der Waals surface area contributed by atoms with Gasteiger partial charge in [0.15, 0.2) is 0 Å². The van der Waals surface area contributed by atoms with Gasteiger partial charge in [-0.1, -0.05) is 19.1 Å². The number of carbonyl (C=O) groups excluding carboxylic acids is 1. The van der Waals surface area contributed by atoms with Crippen LogP contribution in [0.4, 0.5) is 0 Å².